The maximum atomic E-state index is 13.7. The van der Waals surface area contributed by atoms with E-state index in [1.165, 1.54) is 29.1 Å². The van der Waals surface area contributed by atoms with Gasteiger partial charge in [0.25, 0.3) is 5.56 Å². The number of amides is 1. The van der Waals surface area contributed by atoms with E-state index in [9.17, 15) is 35.9 Å². The normalized spacial score (nSPS) is 15.9. The SMILES string of the molecule is O=C(Cn1ccn2ccc(-c3ccc(F)c(C(F)(F)F)c3)c2c1=O)N1CC(F)(CF)C1. The third-order valence-electron chi connectivity index (χ3n) is 5.21. The van der Waals surface area contributed by atoms with Crippen LogP contribution < -0.4 is 5.56 Å². The van der Waals surface area contributed by atoms with Gasteiger partial charge in [0.2, 0.25) is 5.91 Å². The summed E-state index contributed by atoms with van der Waals surface area (Å²) in [5.74, 6) is -2.03. The van der Waals surface area contributed by atoms with Gasteiger partial charge in [-0.15, -0.1) is 0 Å². The van der Waals surface area contributed by atoms with Gasteiger partial charge in [-0.25, -0.2) is 13.2 Å². The van der Waals surface area contributed by atoms with Gasteiger partial charge in [-0.1, -0.05) is 6.07 Å². The molecule has 3 heterocycles. The van der Waals surface area contributed by atoms with Crippen molar-refractivity contribution < 1.29 is 31.1 Å². The van der Waals surface area contributed by atoms with Crippen molar-refractivity contribution >= 4 is 11.4 Å². The number of aromatic nitrogens is 2. The molecule has 0 radical (unpaired) electrons. The number of fused-ring (bicyclic) bond motifs is 1. The number of halogens is 6. The van der Waals surface area contributed by atoms with E-state index in [4.69, 9.17) is 0 Å². The molecule has 0 bridgehead atoms. The van der Waals surface area contributed by atoms with Crippen molar-refractivity contribution in [2.75, 3.05) is 19.8 Å². The Morgan fingerprint density at radius 2 is 1.81 bits per heavy atom. The first-order valence-corrected chi connectivity index (χ1v) is 9.12. The zero-order chi connectivity index (χ0) is 22.6. The molecular weight excluding hydrogens is 428 g/mol. The number of nitrogens with zero attached hydrogens (tertiary/aromatic N) is 3. The number of rotatable bonds is 4. The van der Waals surface area contributed by atoms with E-state index in [2.05, 4.69) is 0 Å². The minimum Gasteiger partial charge on any atom is -0.334 e. The Bertz CT molecular complexity index is 1220. The summed E-state index contributed by atoms with van der Waals surface area (Å²) >= 11 is 0. The average molecular weight is 443 g/mol. The van der Waals surface area contributed by atoms with Gasteiger partial charge in [0, 0.05) is 24.2 Å². The van der Waals surface area contributed by atoms with Crippen molar-refractivity contribution in [3.8, 4) is 11.1 Å². The minimum atomic E-state index is -4.91. The first-order valence-electron chi connectivity index (χ1n) is 9.12. The molecule has 1 aliphatic heterocycles. The fraction of sp³-hybridized carbons (Fsp3) is 0.300. The summed E-state index contributed by atoms with van der Waals surface area (Å²) in [6.45, 7) is -2.48. The van der Waals surface area contributed by atoms with Gasteiger partial charge in [-0.2, -0.15) is 13.2 Å². The van der Waals surface area contributed by atoms with Crippen molar-refractivity contribution in [2.45, 2.75) is 18.4 Å². The summed E-state index contributed by atoms with van der Waals surface area (Å²) in [4.78, 5) is 26.3. The molecule has 1 saturated heterocycles. The zero-order valence-electron chi connectivity index (χ0n) is 15.8. The van der Waals surface area contributed by atoms with Crippen LogP contribution in [0.5, 0.6) is 0 Å². The molecular formula is C20H15F6N3O2. The molecule has 0 unspecified atom stereocenters. The molecule has 0 N–H and O–H groups in total. The first kappa shape index (κ1) is 21.0. The lowest BCUT2D eigenvalue weighted by Gasteiger charge is -2.42. The fourth-order valence-corrected chi connectivity index (χ4v) is 3.57. The lowest BCUT2D eigenvalue weighted by atomic mass is 9.98. The van der Waals surface area contributed by atoms with Crippen molar-refractivity contribution in [3.05, 3.63) is 64.6 Å². The first-order chi connectivity index (χ1) is 14.5. The van der Waals surface area contributed by atoms with E-state index in [0.29, 0.717) is 12.1 Å². The van der Waals surface area contributed by atoms with Crippen LogP contribution in [0, 0.1) is 5.82 Å². The van der Waals surface area contributed by atoms with Crippen LogP contribution in [0.4, 0.5) is 26.3 Å². The van der Waals surface area contributed by atoms with Crippen LogP contribution in [0.25, 0.3) is 16.6 Å². The number of benzene rings is 1. The van der Waals surface area contributed by atoms with E-state index in [0.717, 1.165) is 15.5 Å². The highest BCUT2D eigenvalue weighted by Gasteiger charge is 2.45. The fourth-order valence-electron chi connectivity index (χ4n) is 3.57. The number of alkyl halides is 5. The molecule has 31 heavy (non-hydrogen) atoms. The Hall–Kier alpha value is -3.24. The summed E-state index contributed by atoms with van der Waals surface area (Å²) in [6, 6.07) is 3.82. The second-order valence-electron chi connectivity index (χ2n) is 7.44. The molecule has 1 aliphatic rings. The number of hydrogen-bond acceptors (Lipinski definition) is 2. The summed E-state index contributed by atoms with van der Waals surface area (Å²) in [6.07, 6.45) is -0.729. The van der Waals surface area contributed by atoms with Crippen LogP contribution >= 0.6 is 0 Å². The average Bonchev–Trinajstić information content (AvgIpc) is 3.12. The molecule has 5 nitrogen and oxygen atoms in total. The maximum Gasteiger partial charge on any atom is 0.419 e. The van der Waals surface area contributed by atoms with Gasteiger partial charge in [-0.05, 0) is 23.8 Å². The molecule has 2 aromatic heterocycles. The molecule has 1 fully saturated rings. The Kier molecular flexibility index (Phi) is 4.86. The van der Waals surface area contributed by atoms with Gasteiger partial charge in [0.1, 0.15) is 24.6 Å². The highest BCUT2D eigenvalue weighted by Crippen LogP contribution is 2.35. The van der Waals surface area contributed by atoms with Crippen molar-refractivity contribution in [1.82, 2.24) is 13.9 Å². The van der Waals surface area contributed by atoms with Crippen LogP contribution in [-0.2, 0) is 17.5 Å². The predicted molar refractivity (Wildman–Crippen MR) is 98.4 cm³/mol. The van der Waals surface area contributed by atoms with Crippen LogP contribution in [0.1, 0.15) is 5.56 Å². The lowest BCUT2D eigenvalue weighted by Crippen LogP contribution is -2.62. The van der Waals surface area contributed by atoms with E-state index < -0.39 is 61.0 Å². The van der Waals surface area contributed by atoms with Crippen LogP contribution in [0.2, 0.25) is 0 Å². The highest BCUT2D eigenvalue weighted by atomic mass is 19.4. The van der Waals surface area contributed by atoms with E-state index in [-0.39, 0.29) is 16.6 Å². The number of likely N-dealkylation sites (tertiary alicyclic amines) is 1. The summed E-state index contributed by atoms with van der Waals surface area (Å²) < 4.78 is 81.4. The molecule has 1 aromatic carbocycles. The van der Waals surface area contributed by atoms with Gasteiger partial charge in [-0.3, -0.25) is 9.59 Å². The summed E-state index contributed by atoms with van der Waals surface area (Å²) in [5, 5.41) is 0. The van der Waals surface area contributed by atoms with E-state index >= 15 is 0 Å². The Balaban J connectivity index is 1.69. The van der Waals surface area contributed by atoms with Crippen LogP contribution in [-0.4, -0.2) is 45.2 Å². The van der Waals surface area contributed by atoms with Crippen LogP contribution in [0.3, 0.4) is 0 Å². The summed E-state index contributed by atoms with van der Waals surface area (Å²) in [5.41, 5.74) is -4.12. The quantitative estimate of drug-likeness (QED) is 0.580. The molecule has 0 saturated carbocycles. The van der Waals surface area contributed by atoms with Gasteiger partial charge < -0.3 is 13.9 Å². The molecule has 1 amide bonds. The Morgan fingerprint density at radius 1 is 1.10 bits per heavy atom. The molecule has 0 aliphatic carbocycles. The monoisotopic (exact) mass is 443 g/mol. The summed E-state index contributed by atoms with van der Waals surface area (Å²) in [7, 11) is 0. The molecule has 0 atom stereocenters. The van der Waals surface area contributed by atoms with Crippen molar-refractivity contribution in [2.24, 2.45) is 0 Å². The molecule has 11 heteroatoms. The predicted octanol–water partition coefficient (Wildman–Crippen LogP) is 3.45. The zero-order valence-corrected chi connectivity index (χ0v) is 15.8. The second kappa shape index (κ2) is 7.17. The van der Waals surface area contributed by atoms with Gasteiger partial charge in [0.15, 0.2) is 5.67 Å². The second-order valence-corrected chi connectivity index (χ2v) is 7.44. The minimum absolute atomic E-state index is 0.0118. The van der Waals surface area contributed by atoms with E-state index in [1.54, 1.807) is 0 Å². The third kappa shape index (κ3) is 3.68. The molecule has 4 rings (SSSR count). The standard InChI is InChI=1S/C20H15F6N3O2/c21-9-19(23)10-29(11-19)16(30)8-28-6-5-27-4-3-13(17(27)18(28)31)12-1-2-15(22)14(7-12)20(24,25)26/h1-7H,8-11H2. The largest absolute Gasteiger partial charge is 0.419 e. The number of carbonyl (C=O) groups is 1. The van der Waals surface area contributed by atoms with Crippen molar-refractivity contribution in [1.29, 1.82) is 0 Å². The van der Waals surface area contributed by atoms with Gasteiger partial charge >= 0.3 is 6.18 Å². The smallest absolute Gasteiger partial charge is 0.334 e. The van der Waals surface area contributed by atoms with Crippen molar-refractivity contribution in [3.63, 3.8) is 0 Å². The molecule has 3 aromatic rings. The lowest BCUT2D eigenvalue weighted by molar-refractivity contribution is -0.147. The molecule has 0 spiro atoms. The maximum absolute atomic E-state index is 13.7. The third-order valence-corrected chi connectivity index (χ3v) is 5.21. The Morgan fingerprint density at radius 3 is 2.45 bits per heavy atom. The number of hydrogen-bond donors (Lipinski definition) is 0. The van der Waals surface area contributed by atoms with Gasteiger partial charge in [0.05, 0.1) is 18.7 Å². The Labute approximate surface area is 171 Å². The van der Waals surface area contributed by atoms with E-state index in [1.807, 2.05) is 0 Å². The van der Waals surface area contributed by atoms with Crippen LogP contribution in [0.15, 0.2) is 47.7 Å². The topological polar surface area (TPSA) is 46.7 Å². The highest BCUT2D eigenvalue weighted by molar-refractivity contribution is 5.81. The molecule has 164 valence electrons. The number of carbonyl (C=O) groups excluding carboxylic acids is 1.